The average Bonchev–Trinajstić information content (AvgIpc) is 2.67. The molecule has 1 heterocycles. The number of ether oxygens (including phenoxy) is 1. The number of aromatic nitrogens is 1. The molecule has 18 heavy (non-hydrogen) atoms. The first kappa shape index (κ1) is 14.7. The van der Waals surface area contributed by atoms with Crippen LogP contribution in [0.25, 0.3) is 0 Å². The Balaban J connectivity index is 2.73. The highest BCUT2D eigenvalue weighted by Crippen LogP contribution is 2.26. The lowest BCUT2D eigenvalue weighted by molar-refractivity contribution is -0.117. The first-order valence-electron chi connectivity index (χ1n) is 4.73. The van der Waals surface area contributed by atoms with Crippen molar-refractivity contribution in [3.63, 3.8) is 0 Å². The molecule has 0 saturated carbocycles. The standard InChI is InChI=1S/C9H10F4N2O2S/c1-4-5(6(16)17-2)15-8(18-4)14-3-9(12,13)7(10)11/h7H,3H2,1-2H3,(H,14,15). The van der Waals surface area contributed by atoms with Gasteiger partial charge < -0.3 is 10.1 Å². The third-order valence-electron chi connectivity index (χ3n) is 1.97. The number of thiazole rings is 1. The molecule has 0 radical (unpaired) electrons. The van der Waals surface area contributed by atoms with Crippen molar-refractivity contribution in [3.8, 4) is 0 Å². The van der Waals surface area contributed by atoms with Crippen LogP contribution in [-0.2, 0) is 4.74 Å². The van der Waals surface area contributed by atoms with Crippen LogP contribution in [0.4, 0.5) is 22.7 Å². The van der Waals surface area contributed by atoms with E-state index in [0.29, 0.717) is 4.88 Å². The van der Waals surface area contributed by atoms with Gasteiger partial charge in [0.1, 0.15) is 0 Å². The number of hydrogen-bond donors (Lipinski definition) is 1. The second-order valence-corrected chi connectivity index (χ2v) is 4.53. The van der Waals surface area contributed by atoms with Crippen LogP contribution in [0.5, 0.6) is 0 Å². The highest BCUT2D eigenvalue weighted by atomic mass is 32.1. The minimum absolute atomic E-state index is 0.0228. The molecule has 0 fully saturated rings. The number of anilines is 1. The van der Waals surface area contributed by atoms with Gasteiger partial charge in [0.2, 0.25) is 0 Å². The van der Waals surface area contributed by atoms with Crippen molar-refractivity contribution < 1.29 is 27.1 Å². The van der Waals surface area contributed by atoms with E-state index in [9.17, 15) is 22.4 Å². The average molecular weight is 286 g/mol. The molecule has 1 aromatic rings. The van der Waals surface area contributed by atoms with Crippen molar-refractivity contribution in [2.75, 3.05) is 19.0 Å². The van der Waals surface area contributed by atoms with Crippen molar-refractivity contribution in [3.05, 3.63) is 10.6 Å². The largest absolute Gasteiger partial charge is 0.464 e. The van der Waals surface area contributed by atoms with Crippen LogP contribution < -0.4 is 5.32 Å². The zero-order valence-corrected chi connectivity index (χ0v) is 10.3. The lowest BCUT2D eigenvalue weighted by Gasteiger charge is -2.14. The van der Waals surface area contributed by atoms with E-state index in [1.54, 1.807) is 6.92 Å². The maximum atomic E-state index is 12.6. The predicted molar refractivity (Wildman–Crippen MR) is 57.6 cm³/mol. The molecule has 0 amide bonds. The Morgan fingerprint density at radius 2 is 2.17 bits per heavy atom. The minimum Gasteiger partial charge on any atom is -0.464 e. The van der Waals surface area contributed by atoms with Crippen LogP contribution >= 0.6 is 11.3 Å². The molecule has 4 nitrogen and oxygen atoms in total. The number of aryl methyl sites for hydroxylation is 1. The first-order valence-corrected chi connectivity index (χ1v) is 5.55. The number of nitrogens with one attached hydrogen (secondary N) is 1. The summed E-state index contributed by atoms with van der Waals surface area (Å²) in [6.45, 7) is 0.290. The number of methoxy groups -OCH3 is 1. The summed E-state index contributed by atoms with van der Waals surface area (Å²) in [6, 6.07) is 0. The smallest absolute Gasteiger partial charge is 0.357 e. The predicted octanol–water partition coefficient (Wildman–Crippen LogP) is 2.55. The van der Waals surface area contributed by atoms with Gasteiger partial charge in [-0.25, -0.2) is 18.6 Å². The molecule has 0 aliphatic rings. The molecule has 0 atom stereocenters. The van der Waals surface area contributed by atoms with Crippen LogP contribution in [0.2, 0.25) is 0 Å². The van der Waals surface area contributed by atoms with Crippen LogP contribution in [0.3, 0.4) is 0 Å². The summed E-state index contributed by atoms with van der Waals surface area (Å²) in [6.07, 6.45) is -3.76. The number of alkyl halides is 4. The van der Waals surface area contributed by atoms with Crippen molar-refractivity contribution >= 4 is 22.4 Å². The maximum absolute atomic E-state index is 12.6. The number of carbonyl (C=O) groups is 1. The Morgan fingerprint density at radius 3 is 2.67 bits per heavy atom. The number of carbonyl (C=O) groups excluding carboxylic acids is 1. The zero-order valence-electron chi connectivity index (χ0n) is 9.47. The topological polar surface area (TPSA) is 51.2 Å². The van der Waals surface area contributed by atoms with Gasteiger partial charge in [-0.3, -0.25) is 0 Å². The lowest BCUT2D eigenvalue weighted by Crippen LogP contribution is -2.34. The van der Waals surface area contributed by atoms with E-state index >= 15 is 0 Å². The van der Waals surface area contributed by atoms with Gasteiger partial charge in [-0.1, -0.05) is 0 Å². The highest BCUT2D eigenvalue weighted by molar-refractivity contribution is 7.15. The highest BCUT2D eigenvalue weighted by Gasteiger charge is 2.40. The summed E-state index contributed by atoms with van der Waals surface area (Å²) in [5, 5.41) is 2.04. The molecule has 102 valence electrons. The molecule has 0 aliphatic carbocycles. The molecular formula is C9H10F4N2O2S. The second kappa shape index (κ2) is 5.51. The molecule has 0 bridgehead atoms. The van der Waals surface area contributed by atoms with E-state index in [-0.39, 0.29) is 10.8 Å². The SMILES string of the molecule is COC(=O)c1nc(NCC(F)(F)C(F)F)sc1C. The monoisotopic (exact) mass is 286 g/mol. The van der Waals surface area contributed by atoms with E-state index in [0.717, 1.165) is 18.4 Å². The Morgan fingerprint density at radius 1 is 1.56 bits per heavy atom. The van der Waals surface area contributed by atoms with Crippen LogP contribution in [0.1, 0.15) is 15.4 Å². The Labute approximate surface area is 104 Å². The zero-order chi connectivity index (χ0) is 13.9. The number of nitrogens with zero attached hydrogens (tertiary/aromatic N) is 1. The Hall–Kier alpha value is -1.38. The van der Waals surface area contributed by atoms with Crippen molar-refractivity contribution in [2.45, 2.75) is 19.3 Å². The van der Waals surface area contributed by atoms with Gasteiger partial charge in [-0.2, -0.15) is 8.78 Å². The molecular weight excluding hydrogens is 276 g/mol. The Kier molecular flexibility index (Phi) is 4.49. The van der Waals surface area contributed by atoms with Crippen LogP contribution in [-0.4, -0.2) is 37.0 Å². The number of esters is 1. The molecule has 0 aliphatic heterocycles. The van der Waals surface area contributed by atoms with E-state index in [2.05, 4.69) is 15.0 Å². The van der Waals surface area contributed by atoms with Gasteiger partial charge in [-0.05, 0) is 6.92 Å². The van der Waals surface area contributed by atoms with E-state index in [4.69, 9.17) is 0 Å². The third kappa shape index (κ3) is 3.31. The van der Waals surface area contributed by atoms with Crippen molar-refractivity contribution in [1.29, 1.82) is 0 Å². The van der Waals surface area contributed by atoms with E-state index < -0.39 is 24.9 Å². The van der Waals surface area contributed by atoms with Gasteiger partial charge in [0.15, 0.2) is 10.8 Å². The van der Waals surface area contributed by atoms with Gasteiger partial charge in [0.05, 0.1) is 13.7 Å². The quantitative estimate of drug-likeness (QED) is 0.667. The van der Waals surface area contributed by atoms with Gasteiger partial charge in [-0.15, -0.1) is 11.3 Å². The molecule has 0 saturated heterocycles. The van der Waals surface area contributed by atoms with E-state index in [1.807, 2.05) is 0 Å². The fourth-order valence-corrected chi connectivity index (χ4v) is 1.83. The fraction of sp³-hybridized carbons (Fsp3) is 0.556. The molecule has 0 aromatic carbocycles. The molecule has 0 unspecified atom stereocenters. The third-order valence-corrected chi connectivity index (χ3v) is 2.90. The molecule has 1 N–H and O–H groups in total. The fourth-order valence-electron chi connectivity index (χ4n) is 1.03. The first-order chi connectivity index (χ1) is 8.27. The molecule has 0 spiro atoms. The van der Waals surface area contributed by atoms with Crippen LogP contribution in [0.15, 0.2) is 0 Å². The van der Waals surface area contributed by atoms with Gasteiger partial charge in [0, 0.05) is 4.88 Å². The van der Waals surface area contributed by atoms with Gasteiger partial charge in [0.25, 0.3) is 0 Å². The lowest BCUT2D eigenvalue weighted by atomic mass is 10.3. The second-order valence-electron chi connectivity index (χ2n) is 3.33. The number of rotatable bonds is 5. The summed E-state index contributed by atoms with van der Waals surface area (Å²) in [7, 11) is 1.15. The summed E-state index contributed by atoms with van der Waals surface area (Å²) >= 11 is 0.909. The van der Waals surface area contributed by atoms with Crippen LogP contribution in [0, 0.1) is 6.92 Å². The number of halogens is 4. The molecule has 1 rings (SSSR count). The summed E-state index contributed by atoms with van der Waals surface area (Å²) in [5.74, 6) is -4.86. The molecule has 1 aromatic heterocycles. The van der Waals surface area contributed by atoms with Crippen molar-refractivity contribution in [2.24, 2.45) is 0 Å². The van der Waals surface area contributed by atoms with E-state index in [1.165, 1.54) is 0 Å². The van der Waals surface area contributed by atoms with Gasteiger partial charge >= 0.3 is 18.3 Å². The summed E-state index contributed by atoms with van der Waals surface area (Å²) < 4.78 is 53.5. The number of hydrogen-bond acceptors (Lipinski definition) is 5. The summed E-state index contributed by atoms with van der Waals surface area (Å²) in [5.41, 5.74) is -0.0228. The minimum atomic E-state index is -4.15. The van der Waals surface area contributed by atoms with Crippen molar-refractivity contribution in [1.82, 2.24) is 4.98 Å². The summed E-state index contributed by atoms with van der Waals surface area (Å²) in [4.78, 5) is 15.3. The Bertz CT molecular complexity index is 436. The molecule has 9 heteroatoms. The normalized spacial score (nSPS) is 11.7. The maximum Gasteiger partial charge on any atom is 0.357 e.